The highest BCUT2D eigenvalue weighted by Gasteiger charge is 2.16. The molecule has 114 valence electrons. The van der Waals surface area contributed by atoms with Crippen molar-refractivity contribution in [3.63, 3.8) is 0 Å². The van der Waals surface area contributed by atoms with Crippen molar-refractivity contribution in [3.05, 3.63) is 11.4 Å². The van der Waals surface area contributed by atoms with Gasteiger partial charge in [0.25, 0.3) is 0 Å². The van der Waals surface area contributed by atoms with Crippen molar-refractivity contribution in [3.8, 4) is 0 Å². The molecule has 1 aromatic heterocycles. The van der Waals surface area contributed by atoms with Gasteiger partial charge in [0.05, 0.1) is 36.3 Å². The second-order valence-electron chi connectivity index (χ2n) is 4.92. The van der Waals surface area contributed by atoms with Crippen LogP contribution in [0, 0.1) is 13.8 Å². The number of nitrogens with zero attached hydrogens (tertiary/aromatic N) is 3. The molecule has 1 atom stereocenters. The van der Waals surface area contributed by atoms with Gasteiger partial charge in [0.2, 0.25) is 5.91 Å². The van der Waals surface area contributed by atoms with E-state index in [4.69, 9.17) is 5.73 Å². The van der Waals surface area contributed by atoms with E-state index in [1.165, 1.54) is 0 Å². The molecule has 1 aromatic rings. The molecule has 0 spiro atoms. The number of amides is 1. The summed E-state index contributed by atoms with van der Waals surface area (Å²) in [4.78, 5) is 13.2. The first-order chi connectivity index (χ1) is 9.38. The Balaban J connectivity index is 2.59. The summed E-state index contributed by atoms with van der Waals surface area (Å²) in [6, 6.07) is 0. The maximum absolute atomic E-state index is 11.4. The second kappa shape index (κ2) is 7.25. The molecule has 0 fully saturated rings. The molecule has 7 heteroatoms. The number of aliphatic hydroxyl groups excluding tert-OH is 1. The van der Waals surface area contributed by atoms with Gasteiger partial charge in [-0.2, -0.15) is 5.10 Å². The number of aliphatic hydroxyl groups is 1. The number of rotatable bonds is 7. The number of hydrogen-bond donors (Lipinski definition) is 3. The summed E-state index contributed by atoms with van der Waals surface area (Å²) in [6.07, 6.45) is -0.600. The van der Waals surface area contributed by atoms with Gasteiger partial charge in [-0.3, -0.25) is 14.4 Å². The first-order valence-corrected chi connectivity index (χ1v) is 6.79. The number of carbonyl (C=O) groups is 1. The molecule has 0 aromatic carbocycles. The molecule has 4 N–H and O–H groups in total. The first-order valence-electron chi connectivity index (χ1n) is 6.79. The summed E-state index contributed by atoms with van der Waals surface area (Å²) in [5.74, 6) is -0.0607. The number of likely N-dealkylation sites (N-methyl/N-ethyl adjacent to an activating group) is 2. The predicted octanol–water partition coefficient (Wildman–Crippen LogP) is -0.489. The van der Waals surface area contributed by atoms with E-state index in [0.717, 1.165) is 11.4 Å². The molecule has 0 saturated heterocycles. The zero-order valence-corrected chi connectivity index (χ0v) is 12.7. The lowest BCUT2D eigenvalue weighted by Crippen LogP contribution is -2.41. The van der Waals surface area contributed by atoms with Crippen LogP contribution in [0.4, 0.5) is 5.69 Å². The maximum Gasteiger partial charge on any atom is 0.233 e. The Bertz CT molecular complexity index is 458. The number of hydrogen-bond acceptors (Lipinski definition) is 5. The third-order valence-electron chi connectivity index (χ3n) is 3.38. The molecule has 1 heterocycles. The van der Waals surface area contributed by atoms with Crippen LogP contribution in [0.5, 0.6) is 0 Å². The van der Waals surface area contributed by atoms with E-state index in [1.807, 2.05) is 25.7 Å². The van der Waals surface area contributed by atoms with Crippen molar-refractivity contribution in [1.82, 2.24) is 20.0 Å². The summed E-state index contributed by atoms with van der Waals surface area (Å²) >= 11 is 0. The average Bonchev–Trinajstić information content (AvgIpc) is 2.65. The molecule has 0 radical (unpaired) electrons. The number of anilines is 1. The smallest absolute Gasteiger partial charge is 0.233 e. The van der Waals surface area contributed by atoms with Crippen molar-refractivity contribution in [2.75, 3.05) is 32.4 Å². The van der Waals surface area contributed by atoms with E-state index < -0.39 is 6.10 Å². The summed E-state index contributed by atoms with van der Waals surface area (Å²) in [6.45, 7) is 7.44. The Morgan fingerprint density at radius 2 is 2.20 bits per heavy atom. The van der Waals surface area contributed by atoms with Crippen LogP contribution in [0.25, 0.3) is 0 Å². The number of nitrogen functional groups attached to an aromatic ring is 1. The van der Waals surface area contributed by atoms with Crippen LogP contribution in [0.2, 0.25) is 0 Å². The molecule has 0 aliphatic rings. The Hall–Kier alpha value is -1.60. The minimum Gasteiger partial charge on any atom is -0.396 e. The topological polar surface area (TPSA) is 96.4 Å². The summed E-state index contributed by atoms with van der Waals surface area (Å²) < 4.78 is 1.71. The van der Waals surface area contributed by atoms with Crippen molar-refractivity contribution in [1.29, 1.82) is 0 Å². The van der Waals surface area contributed by atoms with Gasteiger partial charge in [0.1, 0.15) is 0 Å². The fourth-order valence-electron chi connectivity index (χ4n) is 2.03. The quantitative estimate of drug-likeness (QED) is 0.627. The van der Waals surface area contributed by atoms with Crippen LogP contribution in [-0.2, 0) is 11.3 Å². The lowest BCUT2D eigenvalue weighted by atomic mass is 10.3. The normalized spacial score (nSPS) is 12.7. The highest BCUT2D eigenvalue weighted by Crippen LogP contribution is 2.15. The van der Waals surface area contributed by atoms with Crippen LogP contribution in [0.3, 0.4) is 0 Å². The minimum absolute atomic E-state index is 0.0607. The molecule has 20 heavy (non-hydrogen) atoms. The van der Waals surface area contributed by atoms with Gasteiger partial charge in [0, 0.05) is 13.6 Å². The monoisotopic (exact) mass is 283 g/mol. The lowest BCUT2D eigenvalue weighted by Gasteiger charge is -2.23. The van der Waals surface area contributed by atoms with Gasteiger partial charge in [0.15, 0.2) is 0 Å². The lowest BCUT2D eigenvalue weighted by molar-refractivity contribution is -0.122. The minimum atomic E-state index is -0.600. The second-order valence-corrected chi connectivity index (χ2v) is 4.92. The molecule has 0 bridgehead atoms. The van der Waals surface area contributed by atoms with Crippen LogP contribution >= 0.6 is 0 Å². The maximum atomic E-state index is 11.4. The number of nitrogens with one attached hydrogen (secondary N) is 1. The number of aromatic nitrogens is 2. The van der Waals surface area contributed by atoms with Gasteiger partial charge >= 0.3 is 0 Å². The average molecular weight is 283 g/mol. The van der Waals surface area contributed by atoms with Crippen LogP contribution in [-0.4, -0.2) is 58.5 Å². The fourth-order valence-corrected chi connectivity index (χ4v) is 2.03. The summed E-state index contributed by atoms with van der Waals surface area (Å²) in [5.41, 5.74) is 8.15. The van der Waals surface area contributed by atoms with Crippen LogP contribution in [0.15, 0.2) is 0 Å². The van der Waals surface area contributed by atoms with E-state index in [1.54, 1.807) is 11.7 Å². The Labute approximate surface area is 119 Å². The van der Waals surface area contributed by atoms with E-state index in [0.29, 0.717) is 25.3 Å². The molecule has 1 amide bonds. The molecule has 7 nitrogen and oxygen atoms in total. The third kappa shape index (κ3) is 4.21. The van der Waals surface area contributed by atoms with Crippen LogP contribution in [0.1, 0.15) is 18.3 Å². The summed E-state index contributed by atoms with van der Waals surface area (Å²) in [7, 11) is 1.60. The van der Waals surface area contributed by atoms with Crippen molar-refractivity contribution >= 4 is 11.6 Å². The van der Waals surface area contributed by atoms with Crippen molar-refractivity contribution in [2.24, 2.45) is 0 Å². The van der Waals surface area contributed by atoms with Gasteiger partial charge in [-0.25, -0.2) is 0 Å². The highest BCUT2D eigenvalue weighted by atomic mass is 16.3. The van der Waals surface area contributed by atoms with E-state index in [2.05, 4.69) is 10.4 Å². The largest absolute Gasteiger partial charge is 0.396 e. The summed E-state index contributed by atoms with van der Waals surface area (Å²) in [5, 5.41) is 17.0. The molecule has 0 aliphatic carbocycles. The zero-order valence-electron chi connectivity index (χ0n) is 12.7. The third-order valence-corrected chi connectivity index (χ3v) is 3.38. The first kappa shape index (κ1) is 16.5. The molecule has 1 rings (SSSR count). The molecule has 0 aliphatic heterocycles. The number of aryl methyl sites for hydroxylation is 1. The predicted molar refractivity (Wildman–Crippen MR) is 78.3 cm³/mol. The van der Waals surface area contributed by atoms with Crippen molar-refractivity contribution in [2.45, 2.75) is 33.4 Å². The molecule has 0 saturated carbocycles. The Morgan fingerprint density at radius 3 is 2.65 bits per heavy atom. The Morgan fingerprint density at radius 1 is 1.55 bits per heavy atom. The van der Waals surface area contributed by atoms with E-state index in [-0.39, 0.29) is 12.5 Å². The van der Waals surface area contributed by atoms with Crippen LogP contribution < -0.4 is 11.1 Å². The fraction of sp³-hybridized carbons (Fsp3) is 0.692. The highest BCUT2D eigenvalue weighted by molar-refractivity contribution is 5.77. The van der Waals surface area contributed by atoms with E-state index >= 15 is 0 Å². The standard InChI is InChI=1S/C13H25N5O2/c1-5-17(8-12(20)15-4)6-11(19)7-18-10(3)13(14)9(2)16-18/h11,19H,5-8,14H2,1-4H3,(H,15,20). The number of carbonyl (C=O) groups excluding carboxylic acids is 1. The Kier molecular flexibility index (Phi) is 5.97. The van der Waals surface area contributed by atoms with Gasteiger partial charge in [-0.1, -0.05) is 6.92 Å². The van der Waals surface area contributed by atoms with Gasteiger partial charge in [-0.05, 0) is 20.4 Å². The van der Waals surface area contributed by atoms with Crippen molar-refractivity contribution < 1.29 is 9.90 Å². The zero-order chi connectivity index (χ0) is 15.3. The SMILES string of the molecule is CCN(CC(=O)NC)CC(O)Cn1nc(C)c(N)c1C. The molecular weight excluding hydrogens is 258 g/mol. The number of nitrogens with two attached hydrogens (primary N) is 1. The van der Waals surface area contributed by atoms with Gasteiger partial charge in [-0.15, -0.1) is 0 Å². The molecular formula is C13H25N5O2. The van der Waals surface area contributed by atoms with E-state index in [9.17, 15) is 9.90 Å². The molecule has 1 unspecified atom stereocenters. The van der Waals surface area contributed by atoms with Gasteiger partial charge < -0.3 is 16.2 Å².